The number of halogens is 2. The molecule has 0 aliphatic heterocycles. The zero-order valence-corrected chi connectivity index (χ0v) is 8.91. The molecule has 0 atom stereocenters. The molecule has 1 aromatic carbocycles. The highest BCUT2D eigenvalue weighted by Gasteiger charge is 2.10. The molecule has 16 heavy (non-hydrogen) atoms. The number of hydrogen-bond donors (Lipinski definition) is 0. The van der Waals surface area contributed by atoms with E-state index in [1.54, 1.807) is 12.1 Å². The van der Waals surface area contributed by atoms with E-state index in [0.29, 0.717) is 11.1 Å². The van der Waals surface area contributed by atoms with Crippen molar-refractivity contribution in [1.82, 2.24) is 4.98 Å². The van der Waals surface area contributed by atoms with Crippen molar-refractivity contribution in [2.24, 2.45) is 0 Å². The molecule has 1 aromatic heterocycles. The van der Waals surface area contributed by atoms with Crippen molar-refractivity contribution in [3.05, 3.63) is 64.7 Å². The van der Waals surface area contributed by atoms with E-state index in [0.717, 1.165) is 0 Å². The number of nitrogens with zero attached hydrogens (tertiary/aromatic N) is 1. The summed E-state index contributed by atoms with van der Waals surface area (Å²) in [6, 6.07) is 8.52. The van der Waals surface area contributed by atoms with Crippen LogP contribution in [0.4, 0.5) is 4.39 Å². The third kappa shape index (κ3) is 2.25. The van der Waals surface area contributed by atoms with Gasteiger partial charge in [0.25, 0.3) is 0 Å². The fraction of sp³-hybridized carbons (Fsp3) is 0. The van der Waals surface area contributed by atoms with Crippen molar-refractivity contribution in [2.45, 2.75) is 0 Å². The van der Waals surface area contributed by atoms with Gasteiger partial charge in [0.05, 0.1) is 0 Å². The van der Waals surface area contributed by atoms with E-state index in [4.69, 9.17) is 11.6 Å². The summed E-state index contributed by atoms with van der Waals surface area (Å²) in [6.45, 7) is 0. The van der Waals surface area contributed by atoms with Crippen LogP contribution in [0.25, 0.3) is 0 Å². The van der Waals surface area contributed by atoms with E-state index in [-0.39, 0.29) is 10.9 Å². The van der Waals surface area contributed by atoms with Gasteiger partial charge in [0, 0.05) is 17.3 Å². The van der Waals surface area contributed by atoms with Crippen molar-refractivity contribution in [2.75, 3.05) is 0 Å². The van der Waals surface area contributed by atoms with E-state index in [2.05, 4.69) is 4.98 Å². The van der Waals surface area contributed by atoms with Crippen molar-refractivity contribution >= 4 is 17.4 Å². The third-order valence-corrected chi connectivity index (χ3v) is 2.28. The van der Waals surface area contributed by atoms with Crippen LogP contribution in [0.5, 0.6) is 0 Å². The minimum absolute atomic E-state index is 0.238. The van der Waals surface area contributed by atoms with Crippen LogP contribution in [0.15, 0.2) is 42.6 Å². The summed E-state index contributed by atoms with van der Waals surface area (Å²) in [5.41, 5.74) is 0.688. The molecule has 1 heterocycles. The highest BCUT2D eigenvalue weighted by Crippen LogP contribution is 2.13. The lowest BCUT2D eigenvalue weighted by Crippen LogP contribution is -2.01. The number of carbonyl (C=O) groups is 1. The number of rotatable bonds is 2. The van der Waals surface area contributed by atoms with Gasteiger partial charge in [-0.1, -0.05) is 23.7 Å². The van der Waals surface area contributed by atoms with Gasteiger partial charge in [0.15, 0.2) is 5.78 Å². The normalized spacial score (nSPS) is 10.1. The Bertz CT molecular complexity index is 495. The summed E-state index contributed by atoms with van der Waals surface area (Å²) >= 11 is 5.67. The zero-order valence-electron chi connectivity index (χ0n) is 8.15. The molecule has 0 bridgehead atoms. The van der Waals surface area contributed by atoms with Crippen LogP contribution < -0.4 is 0 Å². The molecule has 2 nitrogen and oxygen atoms in total. The number of pyridine rings is 1. The average Bonchev–Trinajstić information content (AvgIpc) is 2.28. The number of hydrogen-bond acceptors (Lipinski definition) is 2. The van der Waals surface area contributed by atoms with Gasteiger partial charge in [-0.05, 0) is 24.3 Å². The van der Waals surface area contributed by atoms with Crippen molar-refractivity contribution in [3.8, 4) is 0 Å². The lowest BCUT2D eigenvalue weighted by molar-refractivity contribution is 0.103. The van der Waals surface area contributed by atoms with Gasteiger partial charge in [-0.3, -0.25) is 4.79 Å². The van der Waals surface area contributed by atoms with Crippen molar-refractivity contribution < 1.29 is 9.18 Å². The fourth-order valence-corrected chi connectivity index (χ4v) is 1.51. The van der Waals surface area contributed by atoms with Crippen molar-refractivity contribution in [3.63, 3.8) is 0 Å². The third-order valence-electron chi connectivity index (χ3n) is 2.08. The Balaban J connectivity index is 2.39. The predicted molar refractivity (Wildman–Crippen MR) is 59.1 cm³/mol. The van der Waals surface area contributed by atoms with Crippen molar-refractivity contribution in [1.29, 1.82) is 0 Å². The van der Waals surface area contributed by atoms with E-state index in [1.807, 2.05) is 0 Å². The molecular formula is C12H7ClFNO. The van der Waals surface area contributed by atoms with Gasteiger partial charge in [-0.2, -0.15) is 0 Å². The summed E-state index contributed by atoms with van der Waals surface area (Å²) in [4.78, 5) is 15.7. The monoisotopic (exact) mass is 235 g/mol. The lowest BCUT2D eigenvalue weighted by Gasteiger charge is -2.01. The maximum atomic E-state index is 12.9. The molecular weight excluding hydrogens is 229 g/mol. The fourth-order valence-electron chi connectivity index (χ4n) is 1.34. The second kappa shape index (κ2) is 4.41. The maximum absolute atomic E-state index is 12.9. The SMILES string of the molecule is O=C(c1cccc(F)c1)c1ccnc(Cl)c1. The number of carbonyl (C=O) groups excluding carboxylic acids is 1. The topological polar surface area (TPSA) is 30.0 Å². The summed E-state index contributed by atoms with van der Waals surface area (Å²) in [5.74, 6) is -0.713. The molecule has 0 saturated carbocycles. The number of aromatic nitrogens is 1. The molecule has 0 radical (unpaired) electrons. The first-order valence-corrected chi connectivity index (χ1v) is 4.96. The minimum atomic E-state index is -0.439. The minimum Gasteiger partial charge on any atom is -0.289 e. The van der Waals surface area contributed by atoms with Crippen LogP contribution in [0.1, 0.15) is 15.9 Å². The maximum Gasteiger partial charge on any atom is 0.193 e. The Morgan fingerprint density at radius 3 is 2.62 bits per heavy atom. The molecule has 0 amide bonds. The molecule has 2 aromatic rings. The van der Waals surface area contributed by atoms with Gasteiger partial charge in [0.1, 0.15) is 11.0 Å². The van der Waals surface area contributed by atoms with Crippen LogP contribution in [-0.4, -0.2) is 10.8 Å². The molecule has 0 saturated heterocycles. The Morgan fingerprint density at radius 1 is 1.19 bits per heavy atom. The molecule has 80 valence electrons. The number of ketones is 1. The van der Waals surface area contributed by atoms with Crippen LogP contribution in [0.2, 0.25) is 5.15 Å². The molecule has 0 fully saturated rings. The molecule has 0 N–H and O–H groups in total. The molecule has 4 heteroatoms. The zero-order chi connectivity index (χ0) is 11.5. The van der Waals surface area contributed by atoms with E-state index in [9.17, 15) is 9.18 Å². The Labute approximate surface area is 96.7 Å². The summed E-state index contributed by atoms with van der Waals surface area (Å²) in [7, 11) is 0. The van der Waals surface area contributed by atoms with Crippen LogP contribution in [0, 0.1) is 5.82 Å². The van der Waals surface area contributed by atoms with Gasteiger partial charge < -0.3 is 0 Å². The Hall–Kier alpha value is -1.74. The number of benzene rings is 1. The summed E-state index contributed by atoms with van der Waals surface area (Å²) < 4.78 is 12.9. The first-order valence-electron chi connectivity index (χ1n) is 4.58. The molecule has 0 unspecified atom stereocenters. The van der Waals surface area contributed by atoms with Gasteiger partial charge >= 0.3 is 0 Å². The quantitative estimate of drug-likeness (QED) is 0.591. The highest BCUT2D eigenvalue weighted by atomic mass is 35.5. The van der Waals surface area contributed by atoms with Gasteiger partial charge in [-0.25, -0.2) is 9.37 Å². The summed E-state index contributed by atoms with van der Waals surface area (Å²) in [5, 5.41) is 0.238. The molecule has 0 aliphatic carbocycles. The standard InChI is InChI=1S/C12H7ClFNO/c13-11-7-9(4-5-15-11)12(16)8-2-1-3-10(14)6-8/h1-7H. The molecule has 0 aliphatic rings. The van der Waals surface area contributed by atoms with E-state index < -0.39 is 5.82 Å². The smallest absolute Gasteiger partial charge is 0.193 e. The Morgan fingerprint density at radius 2 is 1.94 bits per heavy atom. The van der Waals surface area contributed by atoms with Crippen LogP contribution in [0.3, 0.4) is 0 Å². The Kier molecular flexibility index (Phi) is 2.97. The average molecular weight is 236 g/mol. The van der Waals surface area contributed by atoms with Crippen LogP contribution >= 0.6 is 11.6 Å². The first kappa shape index (κ1) is 10.8. The molecule has 0 spiro atoms. The second-order valence-electron chi connectivity index (χ2n) is 3.21. The van der Waals surface area contributed by atoms with Gasteiger partial charge in [0.2, 0.25) is 0 Å². The lowest BCUT2D eigenvalue weighted by atomic mass is 10.0. The highest BCUT2D eigenvalue weighted by molar-refractivity contribution is 6.29. The second-order valence-corrected chi connectivity index (χ2v) is 3.59. The van der Waals surface area contributed by atoms with Gasteiger partial charge in [-0.15, -0.1) is 0 Å². The van der Waals surface area contributed by atoms with Crippen LogP contribution in [-0.2, 0) is 0 Å². The van der Waals surface area contributed by atoms with E-state index >= 15 is 0 Å². The van der Waals surface area contributed by atoms with E-state index in [1.165, 1.54) is 30.5 Å². The summed E-state index contributed by atoms with van der Waals surface area (Å²) in [6.07, 6.45) is 1.44. The molecule has 2 rings (SSSR count). The first-order chi connectivity index (χ1) is 7.66. The largest absolute Gasteiger partial charge is 0.289 e. The predicted octanol–water partition coefficient (Wildman–Crippen LogP) is 3.11.